The Morgan fingerprint density at radius 2 is 2.11 bits per heavy atom. The lowest BCUT2D eigenvalue weighted by Crippen LogP contribution is -1.94. The van der Waals surface area contributed by atoms with E-state index in [0.717, 1.165) is 0 Å². The molecule has 0 saturated carbocycles. The first kappa shape index (κ1) is 8.42. The first-order valence-electron chi connectivity index (χ1n) is 2.97. The van der Waals surface area contributed by atoms with E-state index in [1.165, 1.54) is 0 Å². The Balaban J connectivity index is 2.99. The summed E-state index contributed by atoms with van der Waals surface area (Å²) in [5.74, 6) is 1.93. The predicted molar refractivity (Wildman–Crippen MR) is 33.6 cm³/mol. The molecule has 0 radical (unpaired) electrons. The highest BCUT2D eigenvalue weighted by molar-refractivity contribution is 4.93. The van der Waals surface area contributed by atoms with Gasteiger partial charge in [-0.1, -0.05) is 5.92 Å². The Morgan fingerprint density at radius 3 is 2.56 bits per heavy atom. The highest BCUT2D eigenvalue weighted by Crippen LogP contribution is 2.02. The van der Waals surface area contributed by atoms with Gasteiger partial charge in [-0.25, -0.2) is 4.39 Å². The fourth-order valence-corrected chi connectivity index (χ4v) is 0.501. The molecule has 2 heteroatoms. The summed E-state index contributed by atoms with van der Waals surface area (Å²) >= 11 is 0. The molecule has 0 saturated heterocycles. The normalized spacial score (nSPS) is 12.6. The third kappa shape index (κ3) is 5.29. The summed E-state index contributed by atoms with van der Waals surface area (Å²) in [4.78, 5) is 0. The van der Waals surface area contributed by atoms with Gasteiger partial charge < -0.3 is 0 Å². The average molecular weight is 132 g/mol. The number of hydrogen-bond donors (Lipinski definition) is 0. The molecule has 0 aromatic carbocycles. The highest BCUT2D eigenvalue weighted by atomic mass is 19.1. The van der Waals surface area contributed by atoms with Gasteiger partial charge in [0.25, 0.3) is 0 Å². The van der Waals surface area contributed by atoms with E-state index in [4.69, 9.17) is 6.42 Å². The van der Waals surface area contributed by atoms with Crippen molar-refractivity contribution in [3.05, 3.63) is 0 Å². The van der Waals surface area contributed by atoms with Crippen molar-refractivity contribution in [1.82, 2.24) is 0 Å². The maximum absolute atomic E-state index is 12.1. The van der Waals surface area contributed by atoms with Crippen LogP contribution in [0.25, 0.3) is 0 Å². The number of terminal acetylenes is 1. The zero-order valence-electron chi connectivity index (χ0n) is 5.24. The molecule has 0 spiro atoms. The molecule has 0 heterocycles. The van der Waals surface area contributed by atoms with Crippen molar-refractivity contribution in [3.8, 4) is 12.3 Å². The number of halogens is 2. The molecule has 1 atom stereocenters. The van der Waals surface area contributed by atoms with Gasteiger partial charge in [0, 0.05) is 0 Å². The molecule has 0 fully saturated rings. The van der Waals surface area contributed by atoms with E-state index < -0.39 is 6.17 Å². The van der Waals surface area contributed by atoms with Crippen molar-refractivity contribution < 1.29 is 8.78 Å². The summed E-state index contributed by atoms with van der Waals surface area (Å²) < 4.78 is 23.5. The van der Waals surface area contributed by atoms with E-state index in [2.05, 4.69) is 0 Å². The molecule has 1 unspecified atom stereocenters. The van der Waals surface area contributed by atoms with Crippen molar-refractivity contribution >= 4 is 0 Å². The number of hydrogen-bond acceptors (Lipinski definition) is 0. The number of unbranched alkanes of at least 4 members (excludes halogenated alkanes) is 1. The first-order chi connectivity index (χ1) is 4.31. The van der Waals surface area contributed by atoms with Crippen LogP contribution in [-0.4, -0.2) is 12.8 Å². The number of alkyl halides is 2. The molecule has 0 bridgehead atoms. The first-order valence-corrected chi connectivity index (χ1v) is 2.97. The summed E-state index contributed by atoms with van der Waals surface area (Å²) in [5.41, 5.74) is 0. The van der Waals surface area contributed by atoms with Crippen LogP contribution in [0.1, 0.15) is 19.3 Å². The highest BCUT2D eigenvalue weighted by Gasteiger charge is 1.98. The van der Waals surface area contributed by atoms with E-state index in [1.54, 1.807) is 0 Å². The molecule has 52 valence electrons. The Bertz CT molecular complexity index is 93.6. The monoisotopic (exact) mass is 132 g/mol. The molecule has 0 aromatic rings. The van der Waals surface area contributed by atoms with E-state index in [9.17, 15) is 8.78 Å². The van der Waals surface area contributed by atoms with E-state index in [0.29, 0.717) is 19.3 Å². The minimum atomic E-state index is -1.18. The third-order valence-electron chi connectivity index (χ3n) is 1.02. The Labute approximate surface area is 54.3 Å². The summed E-state index contributed by atoms with van der Waals surface area (Å²) in [6.45, 7) is -0.378. The molecular weight excluding hydrogens is 122 g/mol. The Hall–Kier alpha value is -0.580. The fourth-order valence-electron chi connectivity index (χ4n) is 0.501. The second-order valence-electron chi connectivity index (χ2n) is 1.82. The zero-order chi connectivity index (χ0) is 7.11. The van der Waals surface area contributed by atoms with Crippen LogP contribution in [-0.2, 0) is 0 Å². The van der Waals surface area contributed by atoms with Gasteiger partial charge in [0.15, 0.2) is 6.17 Å². The summed E-state index contributed by atoms with van der Waals surface area (Å²) in [6, 6.07) is 0. The van der Waals surface area contributed by atoms with Crippen molar-refractivity contribution in [1.29, 1.82) is 0 Å². The average Bonchev–Trinajstić information content (AvgIpc) is 1.89. The summed E-state index contributed by atoms with van der Waals surface area (Å²) in [6.07, 6.45) is 4.81. The van der Waals surface area contributed by atoms with Crippen LogP contribution in [0.3, 0.4) is 0 Å². The van der Waals surface area contributed by atoms with Crippen LogP contribution in [0.15, 0.2) is 0 Å². The quantitative estimate of drug-likeness (QED) is 0.406. The topological polar surface area (TPSA) is 0 Å². The second-order valence-corrected chi connectivity index (χ2v) is 1.82. The van der Waals surface area contributed by atoms with Crippen LogP contribution in [0.5, 0.6) is 0 Å². The van der Waals surface area contributed by atoms with Gasteiger partial charge in [-0.05, 0) is 19.3 Å². The molecule has 0 nitrogen and oxygen atoms in total. The van der Waals surface area contributed by atoms with E-state index in [-0.39, 0.29) is 6.67 Å². The van der Waals surface area contributed by atoms with Gasteiger partial charge >= 0.3 is 0 Å². The molecule has 0 amide bonds. The minimum absolute atomic E-state index is 0.292. The summed E-state index contributed by atoms with van der Waals surface area (Å²) in [5, 5.41) is 0. The van der Waals surface area contributed by atoms with Gasteiger partial charge in [0.05, 0.1) is 6.67 Å². The van der Waals surface area contributed by atoms with Gasteiger partial charge in [-0.2, -0.15) is 0 Å². The van der Waals surface area contributed by atoms with Gasteiger partial charge in [0.1, 0.15) is 0 Å². The lowest BCUT2D eigenvalue weighted by Gasteiger charge is -1.96. The smallest absolute Gasteiger partial charge is 0.160 e. The largest absolute Gasteiger partial charge is 0.251 e. The minimum Gasteiger partial charge on any atom is -0.251 e. The molecule has 0 aromatic heterocycles. The second kappa shape index (κ2) is 5.55. The van der Waals surface area contributed by atoms with E-state index >= 15 is 0 Å². The molecule has 0 aliphatic heterocycles. The molecule has 0 rings (SSSR count). The fraction of sp³-hybridized carbons (Fsp3) is 0.714. The predicted octanol–water partition coefficient (Wildman–Crippen LogP) is 2.10. The number of rotatable bonds is 4. The van der Waals surface area contributed by atoms with Crippen LogP contribution in [0, 0.1) is 12.3 Å². The Kier molecular flexibility index (Phi) is 5.20. The van der Waals surface area contributed by atoms with Crippen LogP contribution >= 0.6 is 0 Å². The molecule has 0 N–H and O–H groups in total. The summed E-state index contributed by atoms with van der Waals surface area (Å²) in [7, 11) is 0. The SMILES string of the molecule is C#CC(F)CCCCF. The lowest BCUT2D eigenvalue weighted by atomic mass is 10.2. The van der Waals surface area contributed by atoms with E-state index in [1.807, 2.05) is 5.92 Å². The molecule has 9 heavy (non-hydrogen) atoms. The maximum atomic E-state index is 12.1. The van der Waals surface area contributed by atoms with Crippen molar-refractivity contribution in [2.75, 3.05) is 6.67 Å². The molecule has 0 aliphatic carbocycles. The molecule has 0 aliphatic rings. The van der Waals surface area contributed by atoms with Gasteiger partial charge in [-0.15, -0.1) is 6.42 Å². The van der Waals surface area contributed by atoms with Gasteiger partial charge in [-0.3, -0.25) is 4.39 Å². The Morgan fingerprint density at radius 1 is 1.44 bits per heavy atom. The van der Waals surface area contributed by atoms with Crippen molar-refractivity contribution in [2.24, 2.45) is 0 Å². The van der Waals surface area contributed by atoms with Crippen LogP contribution < -0.4 is 0 Å². The van der Waals surface area contributed by atoms with Crippen LogP contribution in [0.2, 0.25) is 0 Å². The van der Waals surface area contributed by atoms with Gasteiger partial charge in [0.2, 0.25) is 0 Å². The lowest BCUT2D eigenvalue weighted by molar-refractivity contribution is 0.365. The standard InChI is InChI=1S/C7H10F2/c1-2-7(9)5-3-4-6-8/h1,7H,3-6H2. The van der Waals surface area contributed by atoms with Crippen molar-refractivity contribution in [2.45, 2.75) is 25.4 Å². The van der Waals surface area contributed by atoms with Crippen molar-refractivity contribution in [3.63, 3.8) is 0 Å². The van der Waals surface area contributed by atoms with Crippen LogP contribution in [0.4, 0.5) is 8.78 Å². The molecular formula is C7H10F2. The third-order valence-corrected chi connectivity index (χ3v) is 1.02. The maximum Gasteiger partial charge on any atom is 0.160 e. The zero-order valence-corrected chi connectivity index (χ0v) is 5.24.